The SMILES string of the molecule is Cn1cc(C(N)C(=O)NC2CCC(C(=O)O)CC2)cn1. The van der Waals surface area contributed by atoms with Gasteiger partial charge >= 0.3 is 5.97 Å². The van der Waals surface area contributed by atoms with Crippen molar-refractivity contribution in [1.82, 2.24) is 15.1 Å². The Bertz CT molecular complexity index is 492. The lowest BCUT2D eigenvalue weighted by Crippen LogP contribution is -2.43. The summed E-state index contributed by atoms with van der Waals surface area (Å²) in [6.45, 7) is 0. The van der Waals surface area contributed by atoms with Crippen LogP contribution in [0.15, 0.2) is 12.4 Å². The second-order valence-electron chi connectivity index (χ2n) is 5.32. The highest BCUT2D eigenvalue weighted by Gasteiger charge is 2.28. The van der Waals surface area contributed by atoms with Crippen LogP contribution in [0.3, 0.4) is 0 Å². The molecule has 0 aromatic carbocycles. The number of aryl methyl sites for hydroxylation is 1. The molecule has 1 aliphatic carbocycles. The third kappa shape index (κ3) is 3.36. The Morgan fingerprint density at radius 2 is 2.10 bits per heavy atom. The number of carboxylic acids is 1. The molecular formula is C13H20N4O3. The van der Waals surface area contributed by atoms with Gasteiger partial charge in [0.25, 0.3) is 0 Å². The first kappa shape index (κ1) is 14.5. The molecule has 0 aliphatic heterocycles. The van der Waals surface area contributed by atoms with Crippen LogP contribution in [0.5, 0.6) is 0 Å². The van der Waals surface area contributed by atoms with Crippen LogP contribution in [-0.4, -0.2) is 32.8 Å². The average Bonchev–Trinajstić information content (AvgIpc) is 2.85. The third-order valence-electron chi connectivity index (χ3n) is 3.79. The van der Waals surface area contributed by atoms with Crippen molar-refractivity contribution in [3.8, 4) is 0 Å². The zero-order valence-electron chi connectivity index (χ0n) is 11.5. The molecule has 1 saturated carbocycles. The summed E-state index contributed by atoms with van der Waals surface area (Å²) in [6, 6.07) is -0.721. The molecule has 1 atom stereocenters. The second kappa shape index (κ2) is 6.04. The fourth-order valence-corrected chi connectivity index (χ4v) is 2.53. The Morgan fingerprint density at radius 1 is 1.45 bits per heavy atom. The van der Waals surface area contributed by atoms with E-state index in [0.717, 1.165) is 0 Å². The summed E-state index contributed by atoms with van der Waals surface area (Å²) in [7, 11) is 1.77. The van der Waals surface area contributed by atoms with Crippen molar-refractivity contribution in [3.05, 3.63) is 18.0 Å². The molecule has 20 heavy (non-hydrogen) atoms. The lowest BCUT2D eigenvalue weighted by Gasteiger charge is -2.27. The minimum atomic E-state index is -0.748. The number of nitrogens with two attached hydrogens (primary N) is 1. The van der Waals surface area contributed by atoms with E-state index in [9.17, 15) is 9.59 Å². The monoisotopic (exact) mass is 280 g/mol. The van der Waals surface area contributed by atoms with E-state index < -0.39 is 12.0 Å². The van der Waals surface area contributed by atoms with E-state index in [0.29, 0.717) is 31.2 Å². The van der Waals surface area contributed by atoms with Crippen LogP contribution in [0.2, 0.25) is 0 Å². The number of aromatic nitrogens is 2. The van der Waals surface area contributed by atoms with Crippen LogP contribution in [0, 0.1) is 5.92 Å². The predicted molar refractivity (Wildman–Crippen MR) is 71.7 cm³/mol. The first-order valence-electron chi connectivity index (χ1n) is 6.74. The van der Waals surface area contributed by atoms with Gasteiger partial charge in [0.1, 0.15) is 6.04 Å². The molecule has 1 aromatic heterocycles. The van der Waals surface area contributed by atoms with Crippen LogP contribution in [0.4, 0.5) is 0 Å². The Balaban J connectivity index is 1.85. The Kier molecular flexibility index (Phi) is 4.39. The Hall–Kier alpha value is -1.89. The van der Waals surface area contributed by atoms with E-state index >= 15 is 0 Å². The summed E-state index contributed by atoms with van der Waals surface area (Å²) >= 11 is 0. The molecule has 1 aliphatic rings. The van der Waals surface area contributed by atoms with E-state index in [2.05, 4.69) is 10.4 Å². The molecule has 0 radical (unpaired) electrons. The molecule has 7 heteroatoms. The summed E-state index contributed by atoms with van der Waals surface area (Å²) in [5.74, 6) is -1.27. The summed E-state index contributed by atoms with van der Waals surface area (Å²) in [5, 5.41) is 15.8. The molecule has 1 amide bonds. The van der Waals surface area contributed by atoms with Crippen LogP contribution in [-0.2, 0) is 16.6 Å². The molecule has 1 heterocycles. The van der Waals surface area contributed by atoms with Gasteiger partial charge in [-0.15, -0.1) is 0 Å². The van der Waals surface area contributed by atoms with Crippen molar-refractivity contribution in [2.75, 3.05) is 0 Å². The van der Waals surface area contributed by atoms with Gasteiger partial charge in [-0.2, -0.15) is 5.10 Å². The Labute approximate surface area is 117 Å². The molecule has 0 saturated heterocycles. The zero-order valence-corrected chi connectivity index (χ0v) is 11.5. The van der Waals surface area contributed by atoms with Gasteiger partial charge in [-0.05, 0) is 25.7 Å². The maximum atomic E-state index is 12.0. The van der Waals surface area contributed by atoms with Gasteiger partial charge < -0.3 is 16.2 Å². The number of carbonyl (C=O) groups is 2. The predicted octanol–water partition coefficient (Wildman–Crippen LogP) is 0.180. The van der Waals surface area contributed by atoms with E-state index in [1.54, 1.807) is 24.1 Å². The first-order valence-corrected chi connectivity index (χ1v) is 6.74. The van der Waals surface area contributed by atoms with Gasteiger partial charge in [-0.3, -0.25) is 14.3 Å². The van der Waals surface area contributed by atoms with Crippen molar-refractivity contribution in [2.24, 2.45) is 18.7 Å². The van der Waals surface area contributed by atoms with E-state index in [-0.39, 0.29) is 17.9 Å². The van der Waals surface area contributed by atoms with Gasteiger partial charge in [0.2, 0.25) is 5.91 Å². The van der Waals surface area contributed by atoms with Crippen LogP contribution >= 0.6 is 0 Å². The standard InChI is InChI=1S/C13H20N4O3/c1-17-7-9(6-15-17)11(14)12(18)16-10-4-2-8(3-5-10)13(19)20/h6-8,10-11H,2-5,14H2,1H3,(H,16,18)(H,19,20). The molecule has 1 aromatic rings. The largest absolute Gasteiger partial charge is 0.481 e. The maximum absolute atomic E-state index is 12.0. The molecule has 110 valence electrons. The minimum Gasteiger partial charge on any atom is -0.481 e. The van der Waals surface area contributed by atoms with Gasteiger partial charge in [0.15, 0.2) is 0 Å². The molecule has 7 nitrogen and oxygen atoms in total. The topological polar surface area (TPSA) is 110 Å². The number of carbonyl (C=O) groups excluding carboxylic acids is 1. The molecule has 1 fully saturated rings. The van der Waals surface area contributed by atoms with E-state index in [4.69, 9.17) is 10.8 Å². The highest BCUT2D eigenvalue weighted by Crippen LogP contribution is 2.24. The van der Waals surface area contributed by atoms with Crippen molar-refractivity contribution in [1.29, 1.82) is 0 Å². The average molecular weight is 280 g/mol. The first-order chi connectivity index (χ1) is 9.47. The highest BCUT2D eigenvalue weighted by molar-refractivity contribution is 5.83. The van der Waals surface area contributed by atoms with Crippen LogP contribution in [0.1, 0.15) is 37.3 Å². The molecule has 4 N–H and O–H groups in total. The quantitative estimate of drug-likeness (QED) is 0.728. The number of nitrogens with one attached hydrogen (secondary N) is 1. The molecule has 0 bridgehead atoms. The van der Waals surface area contributed by atoms with Gasteiger partial charge in [-0.25, -0.2) is 0 Å². The normalized spacial score (nSPS) is 24.1. The molecule has 1 unspecified atom stereocenters. The fourth-order valence-electron chi connectivity index (χ4n) is 2.53. The number of hydrogen-bond acceptors (Lipinski definition) is 4. The number of amides is 1. The number of carboxylic acid groups (broad SMARTS) is 1. The summed E-state index contributed by atoms with van der Waals surface area (Å²) in [6.07, 6.45) is 5.85. The highest BCUT2D eigenvalue weighted by atomic mass is 16.4. The van der Waals surface area contributed by atoms with Crippen LogP contribution in [0.25, 0.3) is 0 Å². The van der Waals surface area contributed by atoms with E-state index in [1.165, 1.54) is 0 Å². The van der Waals surface area contributed by atoms with Gasteiger partial charge in [-0.1, -0.05) is 0 Å². The molecule has 2 rings (SSSR count). The fraction of sp³-hybridized carbons (Fsp3) is 0.615. The number of hydrogen-bond donors (Lipinski definition) is 3. The molecule has 0 spiro atoms. The van der Waals surface area contributed by atoms with Crippen LogP contribution < -0.4 is 11.1 Å². The minimum absolute atomic E-state index is 0.0146. The van der Waals surface area contributed by atoms with Crippen molar-refractivity contribution in [2.45, 2.75) is 37.8 Å². The Morgan fingerprint density at radius 3 is 2.60 bits per heavy atom. The van der Waals surface area contributed by atoms with E-state index in [1.807, 2.05) is 0 Å². The van der Waals surface area contributed by atoms with Crippen molar-refractivity contribution in [3.63, 3.8) is 0 Å². The third-order valence-corrected chi connectivity index (χ3v) is 3.79. The van der Waals surface area contributed by atoms with Gasteiger partial charge in [0.05, 0.1) is 12.1 Å². The van der Waals surface area contributed by atoms with Crippen molar-refractivity contribution >= 4 is 11.9 Å². The second-order valence-corrected chi connectivity index (χ2v) is 5.32. The smallest absolute Gasteiger partial charge is 0.306 e. The summed E-state index contributed by atoms with van der Waals surface area (Å²) in [5.41, 5.74) is 6.56. The van der Waals surface area contributed by atoms with Crippen molar-refractivity contribution < 1.29 is 14.7 Å². The summed E-state index contributed by atoms with van der Waals surface area (Å²) < 4.78 is 1.60. The lowest BCUT2D eigenvalue weighted by molar-refractivity contribution is -0.142. The van der Waals surface area contributed by atoms with Gasteiger partial charge in [0, 0.05) is 24.8 Å². The number of rotatable bonds is 4. The summed E-state index contributed by atoms with van der Waals surface area (Å²) in [4.78, 5) is 22.9. The number of nitrogens with zero attached hydrogens (tertiary/aromatic N) is 2. The lowest BCUT2D eigenvalue weighted by atomic mass is 9.86. The zero-order chi connectivity index (χ0) is 14.7. The molecular weight excluding hydrogens is 260 g/mol. The number of aliphatic carboxylic acids is 1. The maximum Gasteiger partial charge on any atom is 0.306 e.